The highest BCUT2D eigenvalue weighted by Gasteiger charge is 2.23. The molecule has 1 aromatic carbocycles. The second-order valence-corrected chi connectivity index (χ2v) is 8.96. The number of rotatable bonds is 7. The van der Waals surface area contributed by atoms with E-state index in [1.807, 2.05) is 35.7 Å². The number of imidazole rings is 1. The molecule has 5 rings (SSSR count). The Balaban J connectivity index is 1.40. The molecule has 0 bridgehead atoms. The van der Waals surface area contributed by atoms with Crippen LogP contribution in [0.3, 0.4) is 0 Å². The number of fused-ring (bicyclic) bond motifs is 1. The summed E-state index contributed by atoms with van der Waals surface area (Å²) in [7, 11) is 1.41. The number of alkyl halides is 2. The number of carbonyl (C=O) groups is 1. The lowest BCUT2D eigenvalue weighted by Crippen LogP contribution is -2.18. The molecule has 0 fully saturated rings. The summed E-state index contributed by atoms with van der Waals surface area (Å²) in [4.78, 5) is 25.7. The van der Waals surface area contributed by atoms with Crippen molar-refractivity contribution < 1.29 is 23.0 Å². The van der Waals surface area contributed by atoms with Crippen LogP contribution in [0.1, 0.15) is 41.9 Å². The summed E-state index contributed by atoms with van der Waals surface area (Å²) in [5.74, 6) is -0.125. The average Bonchev–Trinajstić information content (AvgIpc) is 3.23. The lowest BCUT2D eigenvalue weighted by Gasteiger charge is -2.19. The van der Waals surface area contributed by atoms with E-state index in [1.165, 1.54) is 7.11 Å². The molecule has 0 saturated heterocycles. The quantitative estimate of drug-likeness (QED) is 0.303. The summed E-state index contributed by atoms with van der Waals surface area (Å²) in [5.41, 5.74) is 6.51. The van der Waals surface area contributed by atoms with Crippen molar-refractivity contribution in [3.05, 3.63) is 83.7 Å². The Morgan fingerprint density at radius 1 is 1.14 bits per heavy atom. The van der Waals surface area contributed by atoms with Gasteiger partial charge in [-0.25, -0.2) is 4.98 Å². The van der Waals surface area contributed by atoms with Crippen LogP contribution in [0.5, 0.6) is 5.75 Å². The van der Waals surface area contributed by atoms with Gasteiger partial charge in [-0.3, -0.25) is 14.8 Å². The molecule has 1 aliphatic rings. The van der Waals surface area contributed by atoms with Crippen molar-refractivity contribution in [2.24, 2.45) is 5.92 Å². The van der Waals surface area contributed by atoms with E-state index in [1.54, 1.807) is 36.7 Å². The first-order valence-electron chi connectivity index (χ1n) is 12.0. The first-order chi connectivity index (χ1) is 17.9. The van der Waals surface area contributed by atoms with Crippen LogP contribution in [-0.2, 0) is 16.0 Å². The number of pyridine rings is 1. The molecule has 9 heteroatoms. The molecule has 1 aliphatic carbocycles. The minimum Gasteiger partial charge on any atom is -0.469 e. The average molecular weight is 505 g/mol. The molecule has 1 unspecified atom stereocenters. The van der Waals surface area contributed by atoms with Crippen LogP contribution in [0.25, 0.3) is 22.5 Å². The van der Waals surface area contributed by atoms with Crippen molar-refractivity contribution in [2.45, 2.75) is 39.2 Å². The molecule has 0 amide bonds. The maximum absolute atomic E-state index is 12.9. The SMILES string of the molecule is COC(=O)C1CC=C(c2cnc(-c3ccc4nc(C)c(Cc5ccccc5OC(F)F)n4c3)cn2)CC1. The Kier molecular flexibility index (Phi) is 6.94. The number of ether oxygens (including phenoxy) is 2. The van der Waals surface area contributed by atoms with Gasteiger partial charge in [-0.05, 0) is 50.0 Å². The predicted octanol–water partition coefficient (Wildman–Crippen LogP) is 5.65. The van der Waals surface area contributed by atoms with Gasteiger partial charge < -0.3 is 13.9 Å². The second-order valence-electron chi connectivity index (χ2n) is 8.96. The van der Waals surface area contributed by atoms with Gasteiger partial charge >= 0.3 is 12.6 Å². The number of carbonyl (C=O) groups excluding carboxylic acids is 1. The third kappa shape index (κ3) is 5.21. The Hall–Kier alpha value is -4.14. The van der Waals surface area contributed by atoms with E-state index in [4.69, 9.17) is 9.47 Å². The Labute approximate surface area is 212 Å². The maximum Gasteiger partial charge on any atom is 0.387 e. The zero-order chi connectivity index (χ0) is 25.9. The predicted molar refractivity (Wildman–Crippen MR) is 134 cm³/mol. The highest BCUT2D eigenvalue weighted by atomic mass is 19.3. The lowest BCUT2D eigenvalue weighted by atomic mass is 9.88. The number of methoxy groups -OCH3 is 1. The molecule has 7 nitrogen and oxygen atoms in total. The lowest BCUT2D eigenvalue weighted by molar-refractivity contribution is -0.145. The largest absolute Gasteiger partial charge is 0.469 e. The van der Waals surface area contributed by atoms with Gasteiger partial charge in [0.05, 0.1) is 42.5 Å². The molecule has 3 heterocycles. The highest BCUT2D eigenvalue weighted by Crippen LogP contribution is 2.31. The monoisotopic (exact) mass is 504 g/mol. The van der Waals surface area contributed by atoms with E-state index < -0.39 is 6.61 Å². The van der Waals surface area contributed by atoms with Crippen LogP contribution >= 0.6 is 0 Å². The van der Waals surface area contributed by atoms with Gasteiger partial charge in [0.2, 0.25) is 0 Å². The van der Waals surface area contributed by atoms with Crippen molar-refractivity contribution in [3.63, 3.8) is 0 Å². The van der Waals surface area contributed by atoms with Crippen molar-refractivity contribution in [2.75, 3.05) is 7.11 Å². The normalized spacial score (nSPS) is 15.6. The molecule has 0 aliphatic heterocycles. The molecule has 0 N–H and O–H groups in total. The molecule has 0 saturated carbocycles. The smallest absolute Gasteiger partial charge is 0.387 e. The summed E-state index contributed by atoms with van der Waals surface area (Å²) in [6, 6.07) is 10.6. The Morgan fingerprint density at radius 2 is 1.92 bits per heavy atom. The number of hydrogen-bond donors (Lipinski definition) is 0. The topological polar surface area (TPSA) is 78.6 Å². The Morgan fingerprint density at radius 3 is 2.62 bits per heavy atom. The molecule has 190 valence electrons. The standard InChI is InChI=1S/C28H26F2N4O3/c1-17-24(13-20-5-3-4-6-25(20)37-28(29)30)34-16-21(11-12-26(34)33-17)23-15-31-22(14-32-23)18-7-9-19(10-8-18)27(35)36-2/h3-7,11-12,14-16,19,28H,8-10,13H2,1-2H3. The summed E-state index contributed by atoms with van der Waals surface area (Å²) in [5, 5.41) is 0. The zero-order valence-corrected chi connectivity index (χ0v) is 20.5. The molecule has 3 aromatic heterocycles. The summed E-state index contributed by atoms with van der Waals surface area (Å²) in [6.45, 7) is -0.994. The number of benzene rings is 1. The van der Waals surface area contributed by atoms with E-state index in [2.05, 4.69) is 15.0 Å². The maximum atomic E-state index is 12.9. The van der Waals surface area contributed by atoms with Gasteiger partial charge in [0.25, 0.3) is 0 Å². The van der Waals surface area contributed by atoms with Crippen molar-refractivity contribution >= 4 is 17.2 Å². The van der Waals surface area contributed by atoms with Gasteiger partial charge in [-0.15, -0.1) is 0 Å². The second kappa shape index (κ2) is 10.5. The van der Waals surface area contributed by atoms with Crippen LogP contribution in [0.4, 0.5) is 8.78 Å². The number of nitrogens with zero attached hydrogens (tertiary/aromatic N) is 4. The molecule has 37 heavy (non-hydrogen) atoms. The van der Waals surface area contributed by atoms with Crippen LogP contribution in [0, 0.1) is 12.8 Å². The number of halogens is 2. The highest BCUT2D eigenvalue weighted by molar-refractivity contribution is 5.75. The third-order valence-corrected chi connectivity index (χ3v) is 6.69. The number of aromatic nitrogens is 4. The van der Waals surface area contributed by atoms with Gasteiger partial charge in [-0.2, -0.15) is 8.78 Å². The van der Waals surface area contributed by atoms with E-state index in [0.717, 1.165) is 46.7 Å². The Bertz CT molecular complexity index is 1460. The molecule has 0 spiro atoms. The van der Waals surface area contributed by atoms with Gasteiger partial charge in [0.15, 0.2) is 0 Å². The summed E-state index contributed by atoms with van der Waals surface area (Å²) < 4.78 is 37.3. The number of allylic oxidation sites excluding steroid dienone is 2. The van der Waals surface area contributed by atoms with Crippen molar-refractivity contribution in [1.29, 1.82) is 0 Å². The fourth-order valence-corrected chi connectivity index (χ4v) is 4.71. The number of aryl methyl sites for hydroxylation is 1. The summed E-state index contributed by atoms with van der Waals surface area (Å²) in [6.07, 6.45) is 9.95. The van der Waals surface area contributed by atoms with Gasteiger partial charge in [0.1, 0.15) is 11.4 Å². The van der Waals surface area contributed by atoms with Gasteiger partial charge in [0, 0.05) is 29.4 Å². The molecule has 0 radical (unpaired) electrons. The van der Waals surface area contributed by atoms with Crippen LogP contribution in [0.15, 0.2) is 61.1 Å². The molecular weight excluding hydrogens is 478 g/mol. The minimum absolute atomic E-state index is 0.102. The van der Waals surface area contributed by atoms with E-state index >= 15 is 0 Å². The zero-order valence-electron chi connectivity index (χ0n) is 20.5. The first kappa shape index (κ1) is 24.5. The van der Waals surface area contributed by atoms with Gasteiger partial charge in [-0.1, -0.05) is 24.3 Å². The van der Waals surface area contributed by atoms with E-state index in [0.29, 0.717) is 24.1 Å². The van der Waals surface area contributed by atoms with Crippen LogP contribution in [0.2, 0.25) is 0 Å². The van der Waals surface area contributed by atoms with E-state index in [-0.39, 0.29) is 17.6 Å². The molecule has 4 aromatic rings. The number of para-hydroxylation sites is 1. The van der Waals surface area contributed by atoms with Crippen LogP contribution < -0.4 is 4.74 Å². The van der Waals surface area contributed by atoms with Crippen molar-refractivity contribution in [1.82, 2.24) is 19.4 Å². The van der Waals surface area contributed by atoms with Crippen molar-refractivity contribution in [3.8, 4) is 17.0 Å². The first-order valence-corrected chi connectivity index (χ1v) is 12.0. The van der Waals surface area contributed by atoms with E-state index in [9.17, 15) is 13.6 Å². The summed E-state index contributed by atoms with van der Waals surface area (Å²) >= 11 is 0. The number of esters is 1. The third-order valence-electron chi connectivity index (χ3n) is 6.69. The fraction of sp³-hybridized carbons (Fsp3) is 0.286. The molecular formula is C28H26F2N4O3. The minimum atomic E-state index is -2.89. The van der Waals surface area contributed by atoms with Crippen LogP contribution in [-0.4, -0.2) is 39.0 Å². The fourth-order valence-electron chi connectivity index (χ4n) is 4.71. The number of hydrogen-bond acceptors (Lipinski definition) is 6. The molecule has 1 atom stereocenters.